The summed E-state index contributed by atoms with van der Waals surface area (Å²) in [6, 6.07) is 13.3. The minimum absolute atomic E-state index is 0.138. The predicted molar refractivity (Wildman–Crippen MR) is 137 cm³/mol. The number of hydrogen-bond donors (Lipinski definition) is 2. The van der Waals surface area contributed by atoms with Gasteiger partial charge in [0.2, 0.25) is 0 Å². The molecule has 3 rings (SSSR count). The van der Waals surface area contributed by atoms with Gasteiger partial charge in [0.25, 0.3) is 0 Å². The lowest BCUT2D eigenvalue weighted by Crippen LogP contribution is -2.43. The van der Waals surface area contributed by atoms with Crippen LogP contribution in [0, 0.1) is 19.8 Å². The molecule has 0 aromatic heterocycles. The third-order valence-corrected chi connectivity index (χ3v) is 5.86. The van der Waals surface area contributed by atoms with Gasteiger partial charge in [-0.2, -0.15) is 0 Å². The molecule has 1 unspecified atom stereocenters. The summed E-state index contributed by atoms with van der Waals surface area (Å²) in [5, 5.41) is 13.4. The molecule has 2 N–H and O–H groups in total. The fourth-order valence-corrected chi connectivity index (χ4v) is 4.00. The van der Waals surface area contributed by atoms with E-state index < -0.39 is 0 Å². The molecular weight excluding hydrogens is 428 g/mol. The number of phenols is 1. The van der Waals surface area contributed by atoms with Gasteiger partial charge in [0.1, 0.15) is 11.6 Å². The van der Waals surface area contributed by atoms with Gasteiger partial charge in [-0.05, 0) is 82.7 Å². The predicted octanol–water partition coefficient (Wildman–Crippen LogP) is 5.35. The molecule has 1 aliphatic heterocycles. The summed E-state index contributed by atoms with van der Waals surface area (Å²) in [4.78, 5) is 23.8. The minimum Gasteiger partial charge on any atom is -0.507 e. The third-order valence-electron chi connectivity index (χ3n) is 5.86. The number of piperidine rings is 1. The topological polar surface area (TPSA) is 86.5 Å². The number of ether oxygens (including phenoxy) is 1. The van der Waals surface area contributed by atoms with E-state index in [1.807, 2.05) is 58.9 Å². The zero-order chi connectivity index (χ0) is 24.7. The van der Waals surface area contributed by atoms with E-state index in [2.05, 4.69) is 16.3 Å². The Hall–Kier alpha value is -3.35. The lowest BCUT2D eigenvalue weighted by Gasteiger charge is -2.34. The van der Waals surface area contributed by atoms with Crippen LogP contribution in [0.1, 0.15) is 50.3 Å². The van der Waals surface area contributed by atoms with E-state index in [-0.39, 0.29) is 17.9 Å². The van der Waals surface area contributed by atoms with Gasteiger partial charge < -0.3 is 20.1 Å². The van der Waals surface area contributed by atoms with Crippen molar-refractivity contribution in [2.45, 2.75) is 53.6 Å². The summed E-state index contributed by atoms with van der Waals surface area (Å²) in [5.41, 5.74) is 3.58. The Morgan fingerprint density at radius 1 is 1.24 bits per heavy atom. The first-order valence-electron chi connectivity index (χ1n) is 11.9. The Balaban J connectivity index is 1.83. The van der Waals surface area contributed by atoms with Gasteiger partial charge in [0.05, 0.1) is 17.4 Å². The quantitative estimate of drug-likeness (QED) is 0.461. The molecule has 7 heteroatoms. The van der Waals surface area contributed by atoms with Crippen LogP contribution in [0.25, 0.3) is 0 Å². The van der Waals surface area contributed by atoms with E-state index in [1.165, 1.54) is 0 Å². The molecule has 1 saturated heterocycles. The SMILES string of the molecule is CC(=NC(=Nc1cc(C)ccc1C)c1ccccc1O)N1CCCC(CNC(=O)OC(C)C)C1. The van der Waals surface area contributed by atoms with E-state index in [0.717, 1.165) is 48.6 Å². The number of phenolic OH excluding ortho intramolecular Hbond substituents is 1. The van der Waals surface area contributed by atoms with Crippen molar-refractivity contribution >= 4 is 23.5 Å². The molecule has 0 bridgehead atoms. The van der Waals surface area contributed by atoms with Crippen LogP contribution >= 0.6 is 0 Å². The number of para-hydroxylation sites is 1. The molecular formula is C27H36N4O3. The number of hydrogen-bond acceptors (Lipinski definition) is 4. The number of benzene rings is 2. The van der Waals surface area contributed by atoms with Gasteiger partial charge in [-0.25, -0.2) is 14.8 Å². The van der Waals surface area contributed by atoms with Gasteiger partial charge in [-0.15, -0.1) is 0 Å². The fourth-order valence-electron chi connectivity index (χ4n) is 4.00. The normalized spacial score (nSPS) is 17.1. The van der Waals surface area contributed by atoms with Crippen molar-refractivity contribution in [1.29, 1.82) is 0 Å². The summed E-state index contributed by atoms with van der Waals surface area (Å²) in [5.74, 6) is 1.77. The zero-order valence-corrected chi connectivity index (χ0v) is 20.8. The van der Waals surface area contributed by atoms with Crippen LogP contribution in [-0.4, -0.2) is 53.5 Å². The van der Waals surface area contributed by atoms with E-state index >= 15 is 0 Å². The molecule has 1 atom stereocenters. The number of aliphatic imine (C=N–C) groups is 2. The number of aromatic hydroxyl groups is 1. The van der Waals surface area contributed by atoms with Crippen LogP contribution in [0.3, 0.4) is 0 Å². The van der Waals surface area contributed by atoms with Crippen LogP contribution in [0.2, 0.25) is 0 Å². The van der Waals surface area contributed by atoms with Gasteiger partial charge in [-0.1, -0.05) is 24.3 Å². The Labute approximate surface area is 202 Å². The highest BCUT2D eigenvalue weighted by Crippen LogP contribution is 2.25. The second kappa shape index (κ2) is 11.7. The Morgan fingerprint density at radius 2 is 2.00 bits per heavy atom. The number of rotatable bonds is 5. The second-order valence-electron chi connectivity index (χ2n) is 9.19. The number of aryl methyl sites for hydroxylation is 2. The van der Waals surface area contributed by atoms with E-state index in [0.29, 0.717) is 23.9 Å². The van der Waals surface area contributed by atoms with E-state index in [9.17, 15) is 9.90 Å². The number of amides is 1. The molecule has 1 fully saturated rings. The first-order valence-corrected chi connectivity index (χ1v) is 11.9. The smallest absolute Gasteiger partial charge is 0.407 e. The van der Waals surface area contributed by atoms with Gasteiger partial charge in [0.15, 0.2) is 5.84 Å². The fraction of sp³-hybridized carbons (Fsp3) is 0.444. The lowest BCUT2D eigenvalue weighted by atomic mass is 9.98. The van der Waals surface area contributed by atoms with Crippen LogP contribution in [0.15, 0.2) is 52.4 Å². The first-order chi connectivity index (χ1) is 16.2. The maximum absolute atomic E-state index is 11.9. The molecule has 34 heavy (non-hydrogen) atoms. The number of nitrogens with one attached hydrogen (secondary N) is 1. The number of likely N-dealkylation sites (tertiary alicyclic amines) is 1. The maximum Gasteiger partial charge on any atom is 0.407 e. The van der Waals surface area contributed by atoms with Crippen LogP contribution in [0.5, 0.6) is 5.75 Å². The molecule has 2 aromatic carbocycles. The van der Waals surface area contributed by atoms with E-state index in [4.69, 9.17) is 14.7 Å². The molecule has 1 heterocycles. The number of carbonyl (C=O) groups excluding carboxylic acids is 1. The minimum atomic E-state index is -0.375. The van der Waals surface area contributed by atoms with Crippen LogP contribution in [0.4, 0.5) is 10.5 Å². The van der Waals surface area contributed by atoms with Crippen LogP contribution in [-0.2, 0) is 4.74 Å². The highest BCUT2D eigenvalue weighted by Gasteiger charge is 2.22. The molecule has 0 aliphatic carbocycles. The number of amidine groups is 2. The Morgan fingerprint density at radius 3 is 2.74 bits per heavy atom. The van der Waals surface area contributed by atoms with Crippen molar-refractivity contribution in [2.24, 2.45) is 15.9 Å². The van der Waals surface area contributed by atoms with Gasteiger partial charge in [-0.3, -0.25) is 0 Å². The number of carbonyl (C=O) groups is 1. The van der Waals surface area contributed by atoms with Gasteiger partial charge in [0, 0.05) is 19.6 Å². The Bertz CT molecular complexity index is 1060. The molecule has 7 nitrogen and oxygen atoms in total. The number of alkyl carbamates (subject to hydrolysis) is 1. The maximum atomic E-state index is 11.9. The molecule has 1 aliphatic rings. The lowest BCUT2D eigenvalue weighted by molar-refractivity contribution is 0.112. The monoisotopic (exact) mass is 464 g/mol. The Kier molecular flexibility index (Phi) is 8.68. The average Bonchev–Trinajstić information content (AvgIpc) is 2.79. The summed E-state index contributed by atoms with van der Waals surface area (Å²) < 4.78 is 5.18. The standard InChI is InChI=1S/C27H36N4O3/c1-18(2)34-27(33)28-16-22-9-8-14-31(17-22)21(5)29-26(23-10-6-7-11-25(23)32)30-24-15-19(3)12-13-20(24)4/h6-7,10-13,15,18,22,32H,8-9,14,16-17H2,1-5H3,(H,28,33). The summed E-state index contributed by atoms with van der Waals surface area (Å²) in [7, 11) is 0. The first kappa shape index (κ1) is 25.3. The number of nitrogens with zero attached hydrogens (tertiary/aromatic N) is 3. The molecule has 2 aromatic rings. The highest BCUT2D eigenvalue weighted by atomic mass is 16.6. The third kappa shape index (κ3) is 7.07. The van der Waals surface area contributed by atoms with Crippen LogP contribution < -0.4 is 5.32 Å². The van der Waals surface area contributed by atoms with E-state index in [1.54, 1.807) is 12.1 Å². The molecule has 1 amide bonds. The van der Waals surface area contributed by atoms with Crippen molar-refractivity contribution in [2.75, 3.05) is 19.6 Å². The van der Waals surface area contributed by atoms with Crippen molar-refractivity contribution < 1.29 is 14.6 Å². The van der Waals surface area contributed by atoms with Gasteiger partial charge >= 0.3 is 6.09 Å². The zero-order valence-electron chi connectivity index (χ0n) is 20.8. The summed E-state index contributed by atoms with van der Waals surface area (Å²) in [6.07, 6.45) is 1.54. The summed E-state index contributed by atoms with van der Waals surface area (Å²) in [6.45, 7) is 11.9. The molecule has 182 valence electrons. The molecule has 0 radical (unpaired) electrons. The molecule has 0 spiro atoms. The summed E-state index contributed by atoms with van der Waals surface area (Å²) >= 11 is 0. The second-order valence-corrected chi connectivity index (χ2v) is 9.19. The highest BCUT2D eigenvalue weighted by molar-refractivity contribution is 6.08. The van der Waals surface area contributed by atoms with Crippen molar-refractivity contribution in [1.82, 2.24) is 10.2 Å². The van der Waals surface area contributed by atoms with Crippen molar-refractivity contribution in [3.63, 3.8) is 0 Å². The largest absolute Gasteiger partial charge is 0.507 e. The van der Waals surface area contributed by atoms with Crippen molar-refractivity contribution in [3.8, 4) is 5.75 Å². The molecule has 0 saturated carbocycles. The van der Waals surface area contributed by atoms with Crippen molar-refractivity contribution in [3.05, 3.63) is 59.2 Å². The average molecular weight is 465 g/mol.